The molecule has 0 radical (unpaired) electrons. The zero-order valence-electron chi connectivity index (χ0n) is 12.2. The molecule has 0 aliphatic carbocycles. The lowest BCUT2D eigenvalue weighted by Crippen LogP contribution is -2.22. The standard InChI is InChI=1S/C15H26N4/c1-3-6-17-14-8-15(11-16-10-14)18-9-13-5-7-19(4-2)12-13/h8,10-11,13,17-18H,3-7,9,12H2,1-2H3. The van der Waals surface area contributed by atoms with E-state index in [1.54, 1.807) is 0 Å². The van der Waals surface area contributed by atoms with Crippen molar-refractivity contribution in [3.05, 3.63) is 18.5 Å². The number of pyridine rings is 1. The highest BCUT2D eigenvalue weighted by Crippen LogP contribution is 2.18. The third-order valence-corrected chi connectivity index (χ3v) is 3.73. The molecule has 4 nitrogen and oxygen atoms in total. The van der Waals surface area contributed by atoms with E-state index in [9.17, 15) is 0 Å². The minimum atomic E-state index is 0.771. The Hall–Kier alpha value is -1.29. The van der Waals surface area contributed by atoms with Crippen molar-refractivity contribution in [3.63, 3.8) is 0 Å². The van der Waals surface area contributed by atoms with Crippen LogP contribution in [0.5, 0.6) is 0 Å². The molecule has 4 heteroatoms. The van der Waals surface area contributed by atoms with Crippen molar-refractivity contribution in [2.24, 2.45) is 5.92 Å². The summed E-state index contributed by atoms with van der Waals surface area (Å²) >= 11 is 0. The Morgan fingerprint density at radius 3 is 2.74 bits per heavy atom. The molecule has 1 saturated heterocycles. The maximum absolute atomic E-state index is 4.28. The first-order chi connectivity index (χ1) is 9.31. The van der Waals surface area contributed by atoms with E-state index in [1.165, 1.54) is 26.1 Å². The van der Waals surface area contributed by atoms with Crippen LogP contribution in [0.4, 0.5) is 11.4 Å². The van der Waals surface area contributed by atoms with Crippen LogP contribution in [-0.4, -0.2) is 42.6 Å². The van der Waals surface area contributed by atoms with Gasteiger partial charge in [-0.15, -0.1) is 0 Å². The molecule has 1 fully saturated rings. The Labute approximate surface area is 116 Å². The monoisotopic (exact) mass is 262 g/mol. The minimum Gasteiger partial charge on any atom is -0.384 e. The molecule has 19 heavy (non-hydrogen) atoms. The normalized spacial score (nSPS) is 19.6. The van der Waals surface area contributed by atoms with Crippen molar-refractivity contribution in [3.8, 4) is 0 Å². The van der Waals surface area contributed by atoms with E-state index < -0.39 is 0 Å². The van der Waals surface area contributed by atoms with E-state index in [1.807, 2.05) is 12.4 Å². The van der Waals surface area contributed by atoms with Gasteiger partial charge in [0, 0.05) is 19.6 Å². The van der Waals surface area contributed by atoms with Crippen molar-refractivity contribution in [2.45, 2.75) is 26.7 Å². The molecular formula is C15H26N4. The van der Waals surface area contributed by atoms with Crippen LogP contribution in [0.1, 0.15) is 26.7 Å². The Kier molecular flexibility index (Phi) is 5.45. The summed E-state index contributed by atoms with van der Waals surface area (Å²) in [4.78, 5) is 6.80. The number of nitrogens with zero attached hydrogens (tertiary/aromatic N) is 2. The number of rotatable bonds is 7. The lowest BCUT2D eigenvalue weighted by Gasteiger charge is -2.14. The van der Waals surface area contributed by atoms with Crippen LogP contribution < -0.4 is 10.6 Å². The van der Waals surface area contributed by atoms with Crippen molar-refractivity contribution >= 4 is 11.4 Å². The summed E-state index contributed by atoms with van der Waals surface area (Å²) in [6, 6.07) is 2.15. The van der Waals surface area contributed by atoms with Gasteiger partial charge in [-0.3, -0.25) is 4.98 Å². The van der Waals surface area contributed by atoms with Crippen LogP contribution in [0.2, 0.25) is 0 Å². The summed E-state index contributed by atoms with van der Waals surface area (Å²) in [5, 5.41) is 6.89. The molecule has 1 aromatic rings. The topological polar surface area (TPSA) is 40.2 Å². The van der Waals surface area contributed by atoms with Gasteiger partial charge < -0.3 is 15.5 Å². The van der Waals surface area contributed by atoms with E-state index in [2.05, 4.69) is 40.4 Å². The molecule has 0 amide bonds. The van der Waals surface area contributed by atoms with Gasteiger partial charge in [0.15, 0.2) is 0 Å². The van der Waals surface area contributed by atoms with Crippen LogP contribution >= 0.6 is 0 Å². The molecule has 1 aliphatic heterocycles. The van der Waals surface area contributed by atoms with Crippen LogP contribution in [0.3, 0.4) is 0 Å². The maximum atomic E-state index is 4.28. The third-order valence-electron chi connectivity index (χ3n) is 3.73. The predicted octanol–water partition coefficient (Wildman–Crippen LogP) is 2.66. The fraction of sp³-hybridized carbons (Fsp3) is 0.667. The highest BCUT2D eigenvalue weighted by molar-refractivity contribution is 5.53. The summed E-state index contributed by atoms with van der Waals surface area (Å²) in [7, 11) is 0. The van der Waals surface area contributed by atoms with Gasteiger partial charge in [0.05, 0.1) is 23.8 Å². The van der Waals surface area contributed by atoms with Crippen LogP contribution in [0, 0.1) is 5.92 Å². The molecule has 0 spiro atoms. The lowest BCUT2D eigenvalue weighted by molar-refractivity contribution is 0.345. The van der Waals surface area contributed by atoms with E-state index in [-0.39, 0.29) is 0 Å². The highest BCUT2D eigenvalue weighted by Gasteiger charge is 2.20. The molecule has 2 rings (SSSR count). The van der Waals surface area contributed by atoms with Crippen molar-refractivity contribution in [1.29, 1.82) is 0 Å². The molecule has 1 atom stereocenters. The Morgan fingerprint density at radius 1 is 1.26 bits per heavy atom. The van der Waals surface area contributed by atoms with Crippen molar-refractivity contribution in [2.75, 3.05) is 43.4 Å². The second kappa shape index (κ2) is 7.34. The minimum absolute atomic E-state index is 0.771. The first kappa shape index (κ1) is 14.1. The highest BCUT2D eigenvalue weighted by atomic mass is 15.1. The van der Waals surface area contributed by atoms with E-state index in [4.69, 9.17) is 0 Å². The SMILES string of the molecule is CCCNc1cncc(NCC2CCN(CC)C2)c1. The van der Waals surface area contributed by atoms with Crippen LogP contribution in [0.25, 0.3) is 0 Å². The van der Waals surface area contributed by atoms with Gasteiger partial charge in [0.25, 0.3) is 0 Å². The quantitative estimate of drug-likeness (QED) is 0.792. The Bertz CT molecular complexity index is 380. The number of anilines is 2. The molecule has 106 valence electrons. The molecule has 1 aromatic heterocycles. The third kappa shape index (κ3) is 4.39. The number of hydrogen-bond donors (Lipinski definition) is 2. The first-order valence-electron chi connectivity index (χ1n) is 7.47. The average Bonchev–Trinajstić information content (AvgIpc) is 2.91. The largest absolute Gasteiger partial charge is 0.384 e. The molecule has 0 aromatic carbocycles. The van der Waals surface area contributed by atoms with Gasteiger partial charge in [0.1, 0.15) is 0 Å². The van der Waals surface area contributed by atoms with Gasteiger partial charge in [0.2, 0.25) is 0 Å². The summed E-state index contributed by atoms with van der Waals surface area (Å²) in [5.74, 6) is 0.771. The second-order valence-electron chi connectivity index (χ2n) is 5.32. The molecular weight excluding hydrogens is 236 g/mol. The number of aromatic nitrogens is 1. The average molecular weight is 262 g/mol. The van der Waals surface area contributed by atoms with Gasteiger partial charge >= 0.3 is 0 Å². The van der Waals surface area contributed by atoms with E-state index >= 15 is 0 Å². The van der Waals surface area contributed by atoms with Crippen LogP contribution in [-0.2, 0) is 0 Å². The second-order valence-corrected chi connectivity index (χ2v) is 5.32. The Morgan fingerprint density at radius 2 is 2.05 bits per heavy atom. The van der Waals surface area contributed by atoms with Gasteiger partial charge in [-0.05, 0) is 37.9 Å². The van der Waals surface area contributed by atoms with Crippen molar-refractivity contribution < 1.29 is 0 Å². The van der Waals surface area contributed by atoms with Gasteiger partial charge in [-0.25, -0.2) is 0 Å². The van der Waals surface area contributed by atoms with Gasteiger partial charge in [-0.1, -0.05) is 13.8 Å². The molecule has 2 N–H and O–H groups in total. The van der Waals surface area contributed by atoms with Gasteiger partial charge in [-0.2, -0.15) is 0 Å². The number of likely N-dealkylation sites (tertiary alicyclic amines) is 1. The fourth-order valence-corrected chi connectivity index (χ4v) is 2.53. The smallest absolute Gasteiger partial charge is 0.0547 e. The molecule has 2 heterocycles. The fourth-order valence-electron chi connectivity index (χ4n) is 2.53. The predicted molar refractivity (Wildman–Crippen MR) is 81.7 cm³/mol. The van der Waals surface area contributed by atoms with E-state index in [0.717, 1.165) is 36.8 Å². The summed E-state index contributed by atoms with van der Waals surface area (Å²) in [6.45, 7) is 10.1. The zero-order chi connectivity index (χ0) is 13.5. The van der Waals surface area contributed by atoms with Crippen LogP contribution in [0.15, 0.2) is 18.5 Å². The summed E-state index contributed by atoms with van der Waals surface area (Å²) < 4.78 is 0. The molecule has 1 unspecified atom stereocenters. The summed E-state index contributed by atoms with van der Waals surface area (Å²) in [6.07, 6.45) is 6.23. The Balaban J connectivity index is 1.79. The summed E-state index contributed by atoms with van der Waals surface area (Å²) in [5.41, 5.74) is 2.23. The molecule has 1 aliphatic rings. The lowest BCUT2D eigenvalue weighted by atomic mass is 10.1. The maximum Gasteiger partial charge on any atom is 0.0547 e. The number of nitrogens with one attached hydrogen (secondary N) is 2. The zero-order valence-corrected chi connectivity index (χ0v) is 12.2. The van der Waals surface area contributed by atoms with E-state index in [0.29, 0.717) is 0 Å². The molecule has 0 saturated carbocycles. The molecule has 0 bridgehead atoms. The number of hydrogen-bond acceptors (Lipinski definition) is 4. The first-order valence-corrected chi connectivity index (χ1v) is 7.47. The van der Waals surface area contributed by atoms with Crippen molar-refractivity contribution in [1.82, 2.24) is 9.88 Å².